The lowest BCUT2D eigenvalue weighted by molar-refractivity contribution is -0.526. The molecule has 0 radical (unpaired) electrons. The van der Waals surface area contributed by atoms with Gasteiger partial charge in [-0.15, -0.1) is 0 Å². The number of halogens is 12. The van der Waals surface area contributed by atoms with Crippen LogP contribution < -0.4 is 0 Å². The van der Waals surface area contributed by atoms with Gasteiger partial charge in [-0.1, -0.05) is 0 Å². The SMILES string of the molecule is C=C(F)OC(F)(F)C(F)(OC(F)(F)C(F)(F)F)C(F)(F)F. The molecule has 0 rings (SSSR count). The zero-order valence-electron chi connectivity index (χ0n) is 9.06. The fourth-order valence-corrected chi connectivity index (χ4v) is 0.721. The van der Waals surface area contributed by atoms with Gasteiger partial charge >= 0.3 is 30.4 Å². The van der Waals surface area contributed by atoms with Crippen molar-refractivity contribution in [3.05, 3.63) is 12.6 Å². The number of hydrogen-bond acceptors (Lipinski definition) is 2. The molecule has 126 valence electrons. The summed E-state index contributed by atoms with van der Waals surface area (Å²) >= 11 is 0. The summed E-state index contributed by atoms with van der Waals surface area (Å²) in [6.07, 6.45) is -27.7. The van der Waals surface area contributed by atoms with E-state index < -0.39 is 36.4 Å². The summed E-state index contributed by atoms with van der Waals surface area (Å²) in [7, 11) is 0. The van der Waals surface area contributed by atoms with E-state index in [1.54, 1.807) is 4.74 Å². The average molecular weight is 346 g/mol. The molecule has 0 heterocycles. The highest BCUT2D eigenvalue weighted by molar-refractivity contribution is 4.91. The third-order valence-electron chi connectivity index (χ3n) is 1.58. The maximum Gasteiger partial charge on any atom is 0.483 e. The number of hydrogen-bond donors (Lipinski definition) is 0. The van der Waals surface area contributed by atoms with Gasteiger partial charge in [-0.05, 0) is 6.58 Å². The molecule has 0 saturated carbocycles. The predicted molar refractivity (Wildman–Crippen MR) is 38.3 cm³/mol. The Morgan fingerprint density at radius 2 is 1.05 bits per heavy atom. The van der Waals surface area contributed by atoms with Crippen molar-refractivity contribution in [3.8, 4) is 0 Å². The molecule has 0 saturated heterocycles. The van der Waals surface area contributed by atoms with Crippen molar-refractivity contribution in [3.63, 3.8) is 0 Å². The summed E-state index contributed by atoms with van der Waals surface area (Å²) in [5, 5.41) is 0. The Labute approximate surface area is 106 Å². The first-order valence-corrected chi connectivity index (χ1v) is 4.19. The minimum absolute atomic E-state index is 1.59. The molecule has 0 N–H and O–H groups in total. The molecule has 0 aliphatic heterocycles. The van der Waals surface area contributed by atoms with Crippen LogP contribution in [0.1, 0.15) is 0 Å². The van der Waals surface area contributed by atoms with Crippen LogP contribution >= 0.6 is 0 Å². The highest BCUT2D eigenvalue weighted by atomic mass is 19.4. The van der Waals surface area contributed by atoms with Gasteiger partial charge in [0.1, 0.15) is 0 Å². The van der Waals surface area contributed by atoms with Crippen molar-refractivity contribution in [1.29, 1.82) is 0 Å². The molecule has 0 aromatic rings. The highest BCUT2D eigenvalue weighted by Gasteiger charge is 2.81. The molecule has 21 heavy (non-hydrogen) atoms. The quantitative estimate of drug-likeness (QED) is 0.541. The largest absolute Gasteiger partial charge is 0.483 e. The lowest BCUT2D eigenvalue weighted by Gasteiger charge is -2.35. The van der Waals surface area contributed by atoms with E-state index in [4.69, 9.17) is 0 Å². The van der Waals surface area contributed by atoms with Crippen LogP contribution in [0.4, 0.5) is 52.7 Å². The molecule has 0 aliphatic rings. The van der Waals surface area contributed by atoms with Crippen molar-refractivity contribution < 1.29 is 62.2 Å². The van der Waals surface area contributed by atoms with Gasteiger partial charge in [0.2, 0.25) is 0 Å². The van der Waals surface area contributed by atoms with Crippen molar-refractivity contribution in [1.82, 2.24) is 0 Å². The minimum atomic E-state index is -7.15. The van der Waals surface area contributed by atoms with Crippen molar-refractivity contribution in [2.75, 3.05) is 0 Å². The van der Waals surface area contributed by atoms with E-state index in [9.17, 15) is 52.7 Å². The normalized spacial score (nSPS) is 17.3. The lowest BCUT2D eigenvalue weighted by Crippen LogP contribution is -2.62. The van der Waals surface area contributed by atoms with Crippen molar-refractivity contribution in [2.45, 2.75) is 30.4 Å². The van der Waals surface area contributed by atoms with E-state index in [1.165, 1.54) is 0 Å². The third-order valence-corrected chi connectivity index (χ3v) is 1.58. The molecule has 0 fully saturated rings. The first-order valence-electron chi connectivity index (χ1n) is 4.19. The summed E-state index contributed by atoms with van der Waals surface area (Å²) in [6.45, 7) is 1.81. The molecule has 0 aromatic carbocycles. The van der Waals surface area contributed by atoms with Gasteiger partial charge in [0.25, 0.3) is 6.01 Å². The molecule has 0 aromatic heterocycles. The van der Waals surface area contributed by atoms with Gasteiger partial charge < -0.3 is 4.74 Å². The second-order valence-corrected chi connectivity index (χ2v) is 3.18. The van der Waals surface area contributed by atoms with Crippen LogP contribution in [0.2, 0.25) is 0 Å². The van der Waals surface area contributed by atoms with Gasteiger partial charge in [-0.2, -0.15) is 52.7 Å². The molecule has 14 heteroatoms. The Bertz CT molecular complexity index is 395. The molecule has 0 spiro atoms. The standard InChI is InChI=1S/C7H2F12O2/c1-2(8)20-6(16,17)3(9,4(10,11)12)21-7(18,19)5(13,14)15/h1H2. The Morgan fingerprint density at radius 1 is 0.667 bits per heavy atom. The Kier molecular flexibility index (Phi) is 4.81. The zero-order valence-corrected chi connectivity index (χ0v) is 9.06. The van der Waals surface area contributed by atoms with Gasteiger partial charge in [0.15, 0.2) is 0 Å². The van der Waals surface area contributed by atoms with E-state index >= 15 is 0 Å². The minimum Gasteiger partial charge on any atom is -0.402 e. The van der Waals surface area contributed by atoms with Gasteiger partial charge in [0, 0.05) is 0 Å². The molecule has 0 bridgehead atoms. The van der Waals surface area contributed by atoms with Crippen LogP contribution in [0.15, 0.2) is 12.6 Å². The van der Waals surface area contributed by atoms with Crippen molar-refractivity contribution >= 4 is 0 Å². The smallest absolute Gasteiger partial charge is 0.402 e. The van der Waals surface area contributed by atoms with E-state index in [0.717, 1.165) is 0 Å². The highest BCUT2D eigenvalue weighted by Crippen LogP contribution is 2.52. The lowest BCUT2D eigenvalue weighted by atomic mass is 10.2. The summed E-state index contributed by atoms with van der Waals surface area (Å²) in [6, 6.07) is -2.80. The molecule has 0 amide bonds. The van der Waals surface area contributed by atoms with Crippen LogP contribution in [-0.4, -0.2) is 30.4 Å². The van der Waals surface area contributed by atoms with Crippen LogP contribution in [0, 0.1) is 0 Å². The Balaban J connectivity index is 5.87. The summed E-state index contributed by atoms with van der Waals surface area (Å²) < 4.78 is 150. The molecule has 1 atom stereocenters. The molecular formula is C7H2F12O2. The predicted octanol–water partition coefficient (Wildman–Crippen LogP) is 4.44. The number of alkyl halides is 11. The Hall–Kier alpha value is -1.34. The summed E-state index contributed by atoms with van der Waals surface area (Å²) in [4.78, 5) is 0. The van der Waals surface area contributed by atoms with Crippen molar-refractivity contribution in [2.24, 2.45) is 0 Å². The summed E-state index contributed by atoms with van der Waals surface area (Å²) in [5.41, 5.74) is 0. The second kappa shape index (κ2) is 5.14. The van der Waals surface area contributed by atoms with Crippen LogP contribution in [-0.2, 0) is 9.47 Å². The summed E-state index contributed by atoms with van der Waals surface area (Å²) in [5.74, 6) is -7.02. The maximum atomic E-state index is 13.1. The topological polar surface area (TPSA) is 18.5 Å². The fraction of sp³-hybridized carbons (Fsp3) is 0.714. The van der Waals surface area contributed by atoms with Crippen LogP contribution in [0.25, 0.3) is 0 Å². The monoisotopic (exact) mass is 346 g/mol. The average Bonchev–Trinajstić information content (AvgIpc) is 2.10. The zero-order chi connectivity index (χ0) is 17.5. The molecule has 2 nitrogen and oxygen atoms in total. The van der Waals surface area contributed by atoms with Crippen LogP contribution in [0.3, 0.4) is 0 Å². The second-order valence-electron chi connectivity index (χ2n) is 3.18. The third kappa shape index (κ3) is 3.85. The van der Waals surface area contributed by atoms with Crippen LogP contribution in [0.5, 0.6) is 0 Å². The first-order chi connectivity index (χ1) is 8.87. The molecular weight excluding hydrogens is 344 g/mol. The van der Waals surface area contributed by atoms with E-state index in [2.05, 4.69) is 4.74 Å². The number of ether oxygens (including phenoxy) is 2. The maximum absolute atomic E-state index is 13.1. The first kappa shape index (κ1) is 19.7. The number of rotatable bonds is 5. The Morgan fingerprint density at radius 3 is 1.29 bits per heavy atom. The van der Waals surface area contributed by atoms with Gasteiger partial charge in [-0.25, -0.2) is 0 Å². The van der Waals surface area contributed by atoms with Gasteiger partial charge in [0.05, 0.1) is 0 Å². The fourth-order valence-electron chi connectivity index (χ4n) is 0.721. The van der Waals surface area contributed by atoms with Gasteiger partial charge in [-0.3, -0.25) is 4.74 Å². The van der Waals surface area contributed by atoms with E-state index in [0.29, 0.717) is 0 Å². The van der Waals surface area contributed by atoms with E-state index in [1.807, 2.05) is 6.58 Å². The molecule has 1 unspecified atom stereocenters. The van der Waals surface area contributed by atoms with E-state index in [-0.39, 0.29) is 0 Å². The molecule has 0 aliphatic carbocycles.